The van der Waals surface area contributed by atoms with Crippen LogP contribution < -0.4 is 10.5 Å². The lowest BCUT2D eigenvalue weighted by Gasteiger charge is -2.24. The number of nitrogens with two attached hydrogens (primary N) is 1. The number of hydrogen-bond acceptors (Lipinski definition) is 4. The highest BCUT2D eigenvalue weighted by atomic mass is 127. The second kappa shape index (κ2) is 8.26. The summed E-state index contributed by atoms with van der Waals surface area (Å²) in [5.41, 5.74) is 1.68. The smallest absolute Gasteiger partial charge is 0.238 e. The number of likely N-dealkylation sites (N-methyl/N-ethyl adjacent to an activating group) is 1. The Balaban J connectivity index is 2.01. The molecule has 0 aliphatic rings. The van der Waals surface area contributed by atoms with E-state index in [-0.39, 0.29) is 23.4 Å². The number of sulfonamides is 1. The van der Waals surface area contributed by atoms with Gasteiger partial charge in [0.15, 0.2) is 0 Å². The molecule has 1 unspecified atom stereocenters. The van der Waals surface area contributed by atoms with E-state index in [1.807, 2.05) is 43.1 Å². The molecule has 0 saturated heterocycles. The quantitative estimate of drug-likeness (QED) is 0.631. The topological polar surface area (TPSA) is 92.5 Å². The summed E-state index contributed by atoms with van der Waals surface area (Å²) in [6.45, 7) is 2.16. The minimum atomic E-state index is -3.70. The lowest BCUT2D eigenvalue weighted by Crippen LogP contribution is -2.32. The third-order valence-corrected chi connectivity index (χ3v) is 5.76. The molecule has 0 aliphatic heterocycles. The van der Waals surface area contributed by atoms with Gasteiger partial charge in [-0.3, -0.25) is 9.69 Å². The van der Waals surface area contributed by atoms with Crippen LogP contribution in [0.3, 0.4) is 0 Å². The SMILES string of the molecule is CC(c1ccc(S(N)(=O)=O)cc1)N(C)CC(=O)Nc1ccccc1I. The molecule has 2 aromatic rings. The zero-order valence-electron chi connectivity index (χ0n) is 13.9. The molecule has 0 bridgehead atoms. The van der Waals surface area contributed by atoms with Crippen LogP contribution in [-0.2, 0) is 14.8 Å². The Hall–Kier alpha value is -1.49. The molecule has 8 heteroatoms. The summed E-state index contributed by atoms with van der Waals surface area (Å²) in [5, 5.41) is 7.99. The van der Waals surface area contributed by atoms with Crippen molar-refractivity contribution < 1.29 is 13.2 Å². The van der Waals surface area contributed by atoms with E-state index in [2.05, 4.69) is 27.9 Å². The Bertz CT molecular complexity index is 854. The number of primary sulfonamides is 1. The van der Waals surface area contributed by atoms with Crippen LogP contribution >= 0.6 is 22.6 Å². The van der Waals surface area contributed by atoms with Gasteiger partial charge in [0, 0.05) is 9.61 Å². The molecule has 3 N–H and O–H groups in total. The van der Waals surface area contributed by atoms with Crippen LogP contribution in [-0.4, -0.2) is 32.8 Å². The Morgan fingerprint density at radius 2 is 1.80 bits per heavy atom. The zero-order valence-corrected chi connectivity index (χ0v) is 16.9. The van der Waals surface area contributed by atoms with Crippen molar-refractivity contribution in [2.24, 2.45) is 5.14 Å². The van der Waals surface area contributed by atoms with Gasteiger partial charge in [-0.1, -0.05) is 24.3 Å². The van der Waals surface area contributed by atoms with Crippen LogP contribution in [0, 0.1) is 3.57 Å². The first-order valence-electron chi connectivity index (χ1n) is 7.56. The van der Waals surface area contributed by atoms with Crippen LogP contribution in [0.4, 0.5) is 5.69 Å². The highest BCUT2D eigenvalue weighted by Crippen LogP contribution is 2.21. The van der Waals surface area contributed by atoms with Gasteiger partial charge in [-0.2, -0.15) is 0 Å². The Morgan fingerprint density at radius 3 is 2.36 bits per heavy atom. The number of nitrogens with one attached hydrogen (secondary N) is 1. The van der Waals surface area contributed by atoms with Gasteiger partial charge in [-0.25, -0.2) is 13.6 Å². The summed E-state index contributed by atoms with van der Waals surface area (Å²) in [4.78, 5) is 14.2. The molecule has 2 rings (SSSR count). The Kier molecular flexibility index (Phi) is 6.55. The van der Waals surface area contributed by atoms with Gasteiger partial charge in [0.25, 0.3) is 0 Å². The summed E-state index contributed by atoms with van der Waals surface area (Å²) >= 11 is 2.17. The largest absolute Gasteiger partial charge is 0.324 e. The molecule has 25 heavy (non-hydrogen) atoms. The number of halogens is 1. The molecule has 0 heterocycles. The highest BCUT2D eigenvalue weighted by molar-refractivity contribution is 14.1. The fraction of sp³-hybridized carbons (Fsp3) is 0.235. The summed E-state index contributed by atoms with van der Waals surface area (Å²) in [7, 11) is -1.86. The van der Waals surface area contributed by atoms with E-state index in [9.17, 15) is 13.2 Å². The van der Waals surface area contributed by atoms with Crippen molar-refractivity contribution >= 4 is 44.2 Å². The molecule has 0 spiro atoms. The molecule has 1 atom stereocenters. The first-order valence-corrected chi connectivity index (χ1v) is 10.2. The van der Waals surface area contributed by atoms with Gasteiger partial charge in [-0.05, 0) is 66.4 Å². The molecular formula is C17H20IN3O3S. The van der Waals surface area contributed by atoms with Crippen molar-refractivity contribution in [2.45, 2.75) is 17.9 Å². The molecule has 0 saturated carbocycles. The van der Waals surface area contributed by atoms with Gasteiger partial charge in [0.2, 0.25) is 15.9 Å². The number of carbonyl (C=O) groups is 1. The zero-order chi connectivity index (χ0) is 18.6. The van der Waals surface area contributed by atoms with Gasteiger partial charge >= 0.3 is 0 Å². The minimum absolute atomic E-state index is 0.0601. The van der Waals surface area contributed by atoms with Crippen molar-refractivity contribution in [3.63, 3.8) is 0 Å². The first-order chi connectivity index (χ1) is 11.7. The summed E-state index contributed by atoms with van der Waals surface area (Å²) < 4.78 is 23.6. The van der Waals surface area contributed by atoms with E-state index in [1.165, 1.54) is 12.1 Å². The average molecular weight is 473 g/mol. The van der Waals surface area contributed by atoms with Crippen molar-refractivity contribution in [1.29, 1.82) is 0 Å². The normalized spacial score (nSPS) is 12.8. The number of benzene rings is 2. The number of anilines is 1. The van der Waals surface area contributed by atoms with Crippen LogP contribution in [0.1, 0.15) is 18.5 Å². The molecule has 6 nitrogen and oxygen atoms in total. The summed E-state index contributed by atoms with van der Waals surface area (Å²) in [5.74, 6) is -0.111. The molecule has 0 aromatic heterocycles. The van der Waals surface area contributed by atoms with Crippen LogP contribution in [0.25, 0.3) is 0 Å². The number of carbonyl (C=O) groups excluding carboxylic acids is 1. The standard InChI is InChI=1S/C17H20IN3O3S/c1-12(13-7-9-14(10-8-13)25(19,23)24)21(2)11-17(22)20-16-6-4-3-5-15(16)18/h3-10,12H,11H2,1-2H3,(H,20,22)(H2,19,23,24). The molecule has 134 valence electrons. The predicted octanol–water partition coefficient (Wildman–Crippen LogP) is 2.57. The van der Waals surface area contributed by atoms with Crippen molar-refractivity contribution in [3.8, 4) is 0 Å². The number of amides is 1. The maximum atomic E-state index is 12.2. The fourth-order valence-electron chi connectivity index (χ4n) is 2.31. The molecule has 1 amide bonds. The highest BCUT2D eigenvalue weighted by Gasteiger charge is 2.16. The third kappa shape index (κ3) is 5.50. The Morgan fingerprint density at radius 1 is 1.20 bits per heavy atom. The molecule has 0 aliphatic carbocycles. The van der Waals surface area contributed by atoms with E-state index in [1.54, 1.807) is 12.1 Å². The minimum Gasteiger partial charge on any atom is -0.324 e. The number of rotatable bonds is 6. The third-order valence-electron chi connectivity index (χ3n) is 3.89. The molecule has 0 radical (unpaired) electrons. The van der Waals surface area contributed by atoms with E-state index >= 15 is 0 Å². The maximum Gasteiger partial charge on any atom is 0.238 e. The number of para-hydroxylation sites is 1. The van der Waals surface area contributed by atoms with E-state index in [0.29, 0.717) is 0 Å². The van der Waals surface area contributed by atoms with Crippen LogP contribution in [0.2, 0.25) is 0 Å². The van der Waals surface area contributed by atoms with Gasteiger partial charge in [0.05, 0.1) is 17.1 Å². The van der Waals surface area contributed by atoms with E-state index in [0.717, 1.165) is 14.8 Å². The number of hydrogen-bond donors (Lipinski definition) is 2. The molecule has 2 aromatic carbocycles. The van der Waals surface area contributed by atoms with Crippen LogP contribution in [0.5, 0.6) is 0 Å². The predicted molar refractivity (Wildman–Crippen MR) is 107 cm³/mol. The summed E-state index contributed by atoms with van der Waals surface area (Å²) in [6, 6.07) is 13.9. The van der Waals surface area contributed by atoms with Crippen molar-refractivity contribution in [1.82, 2.24) is 4.90 Å². The second-order valence-electron chi connectivity index (χ2n) is 5.73. The lowest BCUT2D eigenvalue weighted by atomic mass is 10.1. The second-order valence-corrected chi connectivity index (χ2v) is 8.46. The Labute approximate surface area is 161 Å². The van der Waals surface area contributed by atoms with E-state index in [4.69, 9.17) is 5.14 Å². The van der Waals surface area contributed by atoms with Gasteiger partial charge in [0.1, 0.15) is 0 Å². The summed E-state index contributed by atoms with van der Waals surface area (Å²) in [6.07, 6.45) is 0. The maximum absolute atomic E-state index is 12.2. The monoisotopic (exact) mass is 473 g/mol. The molecular weight excluding hydrogens is 453 g/mol. The van der Waals surface area contributed by atoms with Crippen molar-refractivity contribution in [3.05, 3.63) is 57.7 Å². The fourth-order valence-corrected chi connectivity index (χ4v) is 3.34. The van der Waals surface area contributed by atoms with Gasteiger partial charge in [-0.15, -0.1) is 0 Å². The van der Waals surface area contributed by atoms with E-state index < -0.39 is 10.0 Å². The lowest BCUT2D eigenvalue weighted by molar-refractivity contribution is -0.117. The average Bonchev–Trinajstić information content (AvgIpc) is 2.55. The van der Waals surface area contributed by atoms with Crippen molar-refractivity contribution in [2.75, 3.05) is 18.9 Å². The van der Waals surface area contributed by atoms with Gasteiger partial charge < -0.3 is 5.32 Å². The van der Waals surface area contributed by atoms with Crippen LogP contribution in [0.15, 0.2) is 53.4 Å². The number of nitrogens with zero attached hydrogens (tertiary/aromatic N) is 1. The first kappa shape index (κ1) is 19.8. The molecule has 0 fully saturated rings.